The van der Waals surface area contributed by atoms with E-state index in [1.165, 1.54) is 11.8 Å². The summed E-state index contributed by atoms with van der Waals surface area (Å²) < 4.78 is 2.61. The van der Waals surface area contributed by atoms with Gasteiger partial charge in [-0.15, -0.1) is 5.10 Å². The van der Waals surface area contributed by atoms with Crippen LogP contribution in [0.5, 0.6) is 0 Å². The van der Waals surface area contributed by atoms with Crippen molar-refractivity contribution in [1.29, 1.82) is 0 Å². The number of nitrogens with zero attached hydrogens (tertiary/aromatic N) is 4. The Morgan fingerprint density at radius 3 is 2.71 bits per heavy atom. The Morgan fingerprint density at radius 1 is 1.21 bits per heavy atom. The van der Waals surface area contributed by atoms with Crippen molar-refractivity contribution in [1.82, 2.24) is 20.2 Å². The zero-order chi connectivity index (χ0) is 16.9. The molecule has 0 fully saturated rings. The third kappa shape index (κ3) is 4.01. The van der Waals surface area contributed by atoms with Gasteiger partial charge in [-0.1, -0.05) is 45.9 Å². The molecule has 0 aliphatic carbocycles. The number of hydrogen-bond donors (Lipinski definition) is 1. The lowest BCUT2D eigenvalue weighted by atomic mass is 10.2. The van der Waals surface area contributed by atoms with Crippen LogP contribution in [0.3, 0.4) is 0 Å². The maximum Gasteiger partial charge on any atom is 0.234 e. The number of amides is 1. The summed E-state index contributed by atoms with van der Waals surface area (Å²) in [6.07, 6.45) is 0. The molecule has 0 aliphatic heterocycles. The topological polar surface area (TPSA) is 72.7 Å². The molecule has 0 unspecified atom stereocenters. The van der Waals surface area contributed by atoms with Gasteiger partial charge < -0.3 is 5.32 Å². The van der Waals surface area contributed by atoms with E-state index in [1.807, 2.05) is 55.5 Å². The normalized spacial score (nSPS) is 10.6. The number of anilines is 1. The van der Waals surface area contributed by atoms with Gasteiger partial charge in [-0.3, -0.25) is 4.79 Å². The summed E-state index contributed by atoms with van der Waals surface area (Å²) in [5.74, 6) is 0.115. The van der Waals surface area contributed by atoms with Crippen LogP contribution in [0.25, 0.3) is 5.69 Å². The third-order valence-electron chi connectivity index (χ3n) is 3.24. The Balaban J connectivity index is 1.65. The molecule has 0 saturated heterocycles. The van der Waals surface area contributed by atoms with Gasteiger partial charge in [0.15, 0.2) is 0 Å². The molecule has 0 atom stereocenters. The van der Waals surface area contributed by atoms with Crippen LogP contribution in [0, 0.1) is 6.92 Å². The van der Waals surface area contributed by atoms with Crippen molar-refractivity contribution >= 4 is 39.3 Å². The molecular formula is C16H14BrN5OS. The van der Waals surface area contributed by atoms with Crippen LogP contribution < -0.4 is 5.32 Å². The van der Waals surface area contributed by atoms with Gasteiger partial charge in [0.25, 0.3) is 0 Å². The van der Waals surface area contributed by atoms with E-state index >= 15 is 0 Å². The summed E-state index contributed by atoms with van der Waals surface area (Å²) in [6, 6.07) is 15.3. The summed E-state index contributed by atoms with van der Waals surface area (Å²) in [5, 5.41) is 15.2. The highest BCUT2D eigenvalue weighted by molar-refractivity contribution is 9.10. The van der Waals surface area contributed by atoms with Gasteiger partial charge in [0, 0.05) is 10.2 Å². The summed E-state index contributed by atoms with van der Waals surface area (Å²) in [6.45, 7) is 1.99. The number of para-hydroxylation sites is 1. The Hall–Kier alpha value is -2.19. The number of benzene rings is 2. The molecule has 2 aromatic carbocycles. The highest BCUT2D eigenvalue weighted by atomic mass is 79.9. The quantitative estimate of drug-likeness (QED) is 0.660. The molecule has 1 N–H and O–H groups in total. The van der Waals surface area contributed by atoms with Crippen LogP contribution >= 0.6 is 27.7 Å². The lowest BCUT2D eigenvalue weighted by molar-refractivity contribution is -0.113. The van der Waals surface area contributed by atoms with E-state index in [-0.39, 0.29) is 11.7 Å². The molecule has 8 heteroatoms. The number of hydrogen-bond acceptors (Lipinski definition) is 5. The minimum absolute atomic E-state index is 0.110. The van der Waals surface area contributed by atoms with Crippen LogP contribution in [0.15, 0.2) is 58.2 Å². The number of aryl methyl sites for hydroxylation is 1. The van der Waals surface area contributed by atoms with Gasteiger partial charge >= 0.3 is 0 Å². The van der Waals surface area contributed by atoms with Crippen molar-refractivity contribution < 1.29 is 4.79 Å². The summed E-state index contributed by atoms with van der Waals surface area (Å²) in [7, 11) is 0. The number of tetrazole rings is 1. The molecular weight excluding hydrogens is 390 g/mol. The predicted octanol–water partition coefficient (Wildman–Crippen LogP) is 3.46. The average molecular weight is 404 g/mol. The second-order valence-corrected chi connectivity index (χ2v) is 6.86. The minimum atomic E-state index is -0.110. The van der Waals surface area contributed by atoms with Crippen LogP contribution in [-0.2, 0) is 4.79 Å². The summed E-state index contributed by atoms with van der Waals surface area (Å²) in [4.78, 5) is 12.1. The first-order chi connectivity index (χ1) is 11.6. The van der Waals surface area contributed by atoms with Crippen molar-refractivity contribution in [3.8, 4) is 5.69 Å². The fraction of sp³-hybridized carbons (Fsp3) is 0.125. The molecule has 6 nitrogen and oxygen atoms in total. The number of aromatic nitrogens is 4. The smallest absolute Gasteiger partial charge is 0.234 e. The van der Waals surface area contributed by atoms with E-state index in [0.717, 1.165) is 21.4 Å². The molecule has 1 amide bonds. The van der Waals surface area contributed by atoms with Crippen LogP contribution in [0.2, 0.25) is 0 Å². The van der Waals surface area contributed by atoms with Crippen LogP contribution in [-0.4, -0.2) is 31.9 Å². The van der Waals surface area contributed by atoms with Crippen molar-refractivity contribution in [3.05, 3.63) is 58.6 Å². The molecule has 0 bridgehead atoms. The second kappa shape index (κ2) is 7.59. The van der Waals surface area contributed by atoms with Crippen molar-refractivity contribution in [3.63, 3.8) is 0 Å². The largest absolute Gasteiger partial charge is 0.325 e. The summed E-state index contributed by atoms with van der Waals surface area (Å²) in [5.41, 5.74) is 2.71. The minimum Gasteiger partial charge on any atom is -0.325 e. The molecule has 3 aromatic rings. The number of nitrogens with one attached hydrogen (secondary N) is 1. The molecule has 1 heterocycles. The van der Waals surface area contributed by atoms with Crippen LogP contribution in [0.4, 0.5) is 5.69 Å². The van der Waals surface area contributed by atoms with Gasteiger partial charge in [0.1, 0.15) is 0 Å². The number of carbonyl (C=O) groups is 1. The highest BCUT2D eigenvalue weighted by Gasteiger charge is 2.13. The van der Waals surface area contributed by atoms with Gasteiger partial charge in [0.05, 0.1) is 11.4 Å². The number of carbonyl (C=O) groups excluding carboxylic acids is 1. The van der Waals surface area contributed by atoms with Gasteiger partial charge in [0.2, 0.25) is 11.1 Å². The first-order valence-corrected chi connectivity index (χ1v) is 8.94. The van der Waals surface area contributed by atoms with Gasteiger partial charge in [-0.25, -0.2) is 0 Å². The zero-order valence-corrected chi connectivity index (χ0v) is 15.2. The predicted molar refractivity (Wildman–Crippen MR) is 97.4 cm³/mol. The fourth-order valence-electron chi connectivity index (χ4n) is 2.08. The molecule has 0 saturated carbocycles. The molecule has 24 heavy (non-hydrogen) atoms. The van der Waals surface area contributed by atoms with Crippen molar-refractivity contribution in [2.75, 3.05) is 11.1 Å². The Bertz CT molecular complexity index is 850. The Labute approximate surface area is 151 Å². The van der Waals surface area contributed by atoms with E-state index < -0.39 is 0 Å². The average Bonchev–Trinajstić information content (AvgIpc) is 3.04. The number of rotatable bonds is 5. The van der Waals surface area contributed by atoms with E-state index in [9.17, 15) is 4.79 Å². The Kier molecular flexibility index (Phi) is 5.27. The monoisotopic (exact) mass is 403 g/mol. The van der Waals surface area contributed by atoms with Gasteiger partial charge in [-0.2, -0.15) is 4.68 Å². The fourth-order valence-corrected chi connectivity index (χ4v) is 3.03. The first-order valence-electron chi connectivity index (χ1n) is 7.16. The van der Waals surface area contributed by atoms with E-state index in [0.29, 0.717) is 5.16 Å². The van der Waals surface area contributed by atoms with E-state index in [4.69, 9.17) is 0 Å². The second-order valence-electron chi connectivity index (χ2n) is 5.00. The summed E-state index contributed by atoms with van der Waals surface area (Å²) >= 11 is 4.66. The number of halogens is 1. The lowest BCUT2D eigenvalue weighted by Crippen LogP contribution is -2.14. The lowest BCUT2D eigenvalue weighted by Gasteiger charge is -2.07. The van der Waals surface area contributed by atoms with E-state index in [2.05, 4.69) is 36.8 Å². The first kappa shape index (κ1) is 16.7. The SMILES string of the molecule is Cc1ccccc1-n1nnnc1SCC(=O)Nc1ccc(Br)cc1. The molecule has 0 aliphatic rings. The highest BCUT2D eigenvalue weighted by Crippen LogP contribution is 2.21. The van der Waals surface area contributed by atoms with Crippen molar-refractivity contribution in [2.24, 2.45) is 0 Å². The zero-order valence-electron chi connectivity index (χ0n) is 12.8. The molecule has 0 radical (unpaired) electrons. The Morgan fingerprint density at radius 2 is 1.96 bits per heavy atom. The maximum atomic E-state index is 12.1. The molecule has 0 spiro atoms. The van der Waals surface area contributed by atoms with Gasteiger partial charge in [-0.05, 0) is 53.2 Å². The van der Waals surface area contributed by atoms with Crippen LogP contribution in [0.1, 0.15) is 5.56 Å². The number of thioether (sulfide) groups is 1. The van der Waals surface area contributed by atoms with E-state index in [1.54, 1.807) is 4.68 Å². The van der Waals surface area contributed by atoms with Crippen molar-refractivity contribution in [2.45, 2.75) is 12.1 Å². The molecule has 1 aromatic heterocycles. The molecule has 3 rings (SSSR count). The molecule has 122 valence electrons. The standard InChI is InChI=1S/C16H14BrN5OS/c1-11-4-2-3-5-14(11)22-16(19-20-21-22)24-10-15(23)18-13-8-6-12(17)7-9-13/h2-9H,10H2,1H3,(H,18,23). The maximum absolute atomic E-state index is 12.1. The third-order valence-corrected chi connectivity index (χ3v) is 4.69.